The van der Waals surface area contributed by atoms with Crippen LogP contribution in [0.1, 0.15) is 95.1 Å². The molecule has 0 radical (unpaired) electrons. The smallest absolute Gasteiger partial charge is 0.410 e. The maximum absolute atomic E-state index is 16.5. The van der Waals surface area contributed by atoms with Gasteiger partial charge in [-0.05, 0) is 95.3 Å². The van der Waals surface area contributed by atoms with Gasteiger partial charge in [0.2, 0.25) is 31.3 Å². The highest BCUT2D eigenvalue weighted by atomic mass is 31.2. The van der Waals surface area contributed by atoms with Crippen LogP contribution in [0.3, 0.4) is 0 Å². The Hall–Kier alpha value is -5.76. The van der Waals surface area contributed by atoms with E-state index in [9.17, 15) is 38.6 Å². The van der Waals surface area contributed by atoms with E-state index in [0.29, 0.717) is 31.2 Å². The molecule has 19 heteroatoms. The van der Waals surface area contributed by atoms with E-state index in [0.717, 1.165) is 17.7 Å². The van der Waals surface area contributed by atoms with Crippen molar-refractivity contribution in [3.63, 3.8) is 0 Å². The average molecular weight is 936 g/mol. The molecule has 1 N–H and O–H groups in total. The summed E-state index contributed by atoms with van der Waals surface area (Å²) in [6, 6.07) is 16.7. The van der Waals surface area contributed by atoms with Crippen LogP contribution >= 0.6 is 7.60 Å². The number of amides is 4. The minimum atomic E-state index is -5.66. The number of nitrogens with zero attached hydrogens (tertiary/aromatic N) is 4. The number of rotatable bonds is 12. The van der Waals surface area contributed by atoms with Crippen molar-refractivity contribution in [1.82, 2.24) is 20.0 Å². The van der Waals surface area contributed by atoms with Crippen molar-refractivity contribution >= 4 is 53.9 Å². The van der Waals surface area contributed by atoms with Gasteiger partial charge in [-0.2, -0.15) is 14.0 Å². The lowest BCUT2D eigenvalue weighted by Crippen LogP contribution is -2.61. The summed E-state index contributed by atoms with van der Waals surface area (Å²) in [6.45, 7) is 8.61. The van der Waals surface area contributed by atoms with Crippen LogP contribution in [-0.4, -0.2) is 108 Å². The molecule has 3 aliphatic rings. The van der Waals surface area contributed by atoms with Gasteiger partial charge in [-0.25, -0.2) is 0 Å². The fourth-order valence-corrected chi connectivity index (χ4v) is 9.52. The summed E-state index contributed by atoms with van der Waals surface area (Å²) >= 11 is 0. The number of halogens is 2. The van der Waals surface area contributed by atoms with Crippen molar-refractivity contribution in [2.75, 3.05) is 39.8 Å². The molecule has 4 amide bonds. The van der Waals surface area contributed by atoms with E-state index >= 15 is 8.78 Å². The summed E-state index contributed by atoms with van der Waals surface area (Å²) in [7, 11) is -5.66. The Morgan fingerprint density at radius 3 is 2.02 bits per heavy atom. The molecule has 3 aromatic carbocycles. The maximum atomic E-state index is 16.5. The first kappa shape index (κ1) is 49.7. The van der Waals surface area contributed by atoms with Crippen molar-refractivity contribution in [2.45, 2.75) is 97.4 Å². The summed E-state index contributed by atoms with van der Waals surface area (Å²) < 4.78 is 66.8. The molecular weight excluding hydrogens is 880 g/mol. The van der Waals surface area contributed by atoms with Crippen LogP contribution in [0.25, 0.3) is 10.8 Å². The number of carbonyl (C=O) groups excluding carboxylic acids is 6. The lowest BCUT2D eigenvalue weighted by atomic mass is 9.90. The first-order valence-corrected chi connectivity index (χ1v) is 23.3. The van der Waals surface area contributed by atoms with Crippen LogP contribution in [0, 0.1) is 28.1 Å². The first-order valence-electron chi connectivity index (χ1n) is 21.7. The van der Waals surface area contributed by atoms with Crippen LogP contribution in [0.15, 0.2) is 66.7 Å². The summed E-state index contributed by atoms with van der Waals surface area (Å²) in [5.74, 6) is -4.30. The van der Waals surface area contributed by atoms with Crippen molar-refractivity contribution in [3.8, 4) is 6.07 Å². The van der Waals surface area contributed by atoms with E-state index in [1.807, 2.05) is 30.3 Å². The van der Waals surface area contributed by atoms with Crippen molar-refractivity contribution < 1.29 is 60.6 Å². The molecule has 5 atom stereocenters. The summed E-state index contributed by atoms with van der Waals surface area (Å²) in [4.78, 5) is 85.0. The molecule has 6 rings (SSSR count). The van der Waals surface area contributed by atoms with Gasteiger partial charge in [-0.1, -0.05) is 48.5 Å². The van der Waals surface area contributed by atoms with Gasteiger partial charge in [-0.3, -0.25) is 42.4 Å². The maximum Gasteiger partial charge on any atom is 0.410 e. The Morgan fingerprint density at radius 2 is 1.42 bits per heavy atom. The number of esters is 2. The summed E-state index contributed by atoms with van der Waals surface area (Å²) in [6.07, 6.45) is 1.25. The van der Waals surface area contributed by atoms with Gasteiger partial charge >= 0.3 is 25.2 Å². The Bertz CT molecular complexity index is 2410. The Morgan fingerprint density at radius 1 is 0.803 bits per heavy atom. The summed E-state index contributed by atoms with van der Waals surface area (Å²) in [5.41, 5.74) is -6.54. The molecule has 3 aromatic rings. The number of carbonyl (C=O) groups is 6. The van der Waals surface area contributed by atoms with Crippen molar-refractivity contribution in [2.24, 2.45) is 16.7 Å². The van der Waals surface area contributed by atoms with E-state index in [1.165, 1.54) is 82.5 Å². The molecule has 3 fully saturated rings. The van der Waals surface area contributed by atoms with Gasteiger partial charge < -0.3 is 29.5 Å². The molecule has 0 unspecified atom stereocenters. The van der Waals surface area contributed by atoms with Crippen LogP contribution in [-0.2, 0) is 52.7 Å². The number of nitrogens with one attached hydrogen (secondary N) is 1. The normalized spacial score (nSPS) is 21.7. The van der Waals surface area contributed by atoms with Gasteiger partial charge in [0.25, 0.3) is 5.91 Å². The third-order valence-corrected chi connectivity index (χ3v) is 13.9. The van der Waals surface area contributed by atoms with E-state index in [2.05, 4.69) is 11.4 Å². The fraction of sp³-hybridized carbons (Fsp3) is 0.511. The second-order valence-electron chi connectivity index (χ2n) is 18.9. The molecule has 3 saturated heterocycles. The minimum absolute atomic E-state index is 0.0526. The number of hydrogen-bond acceptors (Lipinski definition) is 12. The highest BCUT2D eigenvalue weighted by Gasteiger charge is 2.56. The molecule has 0 bridgehead atoms. The van der Waals surface area contributed by atoms with Gasteiger partial charge in [0.05, 0.1) is 22.8 Å². The predicted molar refractivity (Wildman–Crippen MR) is 235 cm³/mol. The van der Waals surface area contributed by atoms with E-state index in [-0.39, 0.29) is 48.3 Å². The molecule has 0 aromatic heterocycles. The van der Waals surface area contributed by atoms with Crippen LogP contribution in [0.2, 0.25) is 0 Å². The number of fused-ring (bicyclic) bond motifs is 2. The molecule has 3 aliphatic heterocycles. The van der Waals surface area contributed by atoms with Crippen LogP contribution in [0.4, 0.5) is 8.78 Å². The second-order valence-corrected chi connectivity index (χ2v) is 21.0. The standard InChI is InChI=1S/C47H56F2N5O11P/c1-29(55)52-20-19-36-17-18-39(42(58)53-24-34(23-50)37(25-53)31-11-9-8-10-12-31)54(36)41(57)38(26-52)51-40(56)32-14-13-30-15-16-35(22-33(30)21-32)47(48,49)66(61,64-27-62-43(59)45(2,3)4)65-28-63-44(60)46(5,6)7/h8-16,21-22,34,36-39H,17-20,24-28H2,1-7H3,(H,51,56)/t34-,36+,37+,38-,39-/m0/s1. The van der Waals surface area contributed by atoms with E-state index < -0.39 is 91.0 Å². The first-order chi connectivity index (χ1) is 30.9. The van der Waals surface area contributed by atoms with E-state index in [4.69, 9.17) is 18.5 Å². The number of benzene rings is 3. The molecule has 354 valence electrons. The Kier molecular flexibility index (Phi) is 14.8. The number of hydrogen-bond donors (Lipinski definition) is 1. The number of likely N-dealkylation sites (tertiary alicyclic amines) is 1. The van der Waals surface area contributed by atoms with Gasteiger partial charge in [0.1, 0.15) is 12.1 Å². The highest BCUT2D eigenvalue weighted by Crippen LogP contribution is 2.67. The zero-order valence-electron chi connectivity index (χ0n) is 38.1. The minimum Gasteiger partial charge on any atom is -0.438 e. The lowest BCUT2D eigenvalue weighted by molar-refractivity contribution is -0.163. The lowest BCUT2D eigenvalue weighted by Gasteiger charge is -2.39. The largest absolute Gasteiger partial charge is 0.438 e. The molecule has 16 nitrogen and oxygen atoms in total. The third-order valence-electron chi connectivity index (χ3n) is 12.1. The molecule has 3 heterocycles. The molecule has 0 aliphatic carbocycles. The second kappa shape index (κ2) is 19.6. The topological polar surface area (TPSA) is 202 Å². The van der Waals surface area contributed by atoms with Crippen LogP contribution < -0.4 is 5.32 Å². The quantitative estimate of drug-likeness (QED) is 0.115. The van der Waals surface area contributed by atoms with Gasteiger partial charge in [0, 0.05) is 56.2 Å². The Balaban J connectivity index is 1.24. The van der Waals surface area contributed by atoms with Crippen LogP contribution in [0.5, 0.6) is 0 Å². The molecule has 66 heavy (non-hydrogen) atoms. The zero-order chi connectivity index (χ0) is 48.4. The highest BCUT2D eigenvalue weighted by molar-refractivity contribution is 7.54. The zero-order valence-corrected chi connectivity index (χ0v) is 39.0. The fourth-order valence-electron chi connectivity index (χ4n) is 8.28. The number of alkyl halides is 2. The van der Waals surface area contributed by atoms with E-state index in [1.54, 1.807) is 4.90 Å². The van der Waals surface area contributed by atoms with Gasteiger partial charge in [0.15, 0.2) is 0 Å². The Labute approximate surface area is 382 Å². The SMILES string of the molecule is CC(=O)N1CC[C@H]2CC[C@@H](C(=O)N3C[C@H](c4ccccc4)[C@@H](C#N)C3)N2C(=O)[C@@H](NC(=O)c2ccc3ccc(C(F)(F)P(=O)(OCOC(=O)C(C)(C)C)OCOC(=O)C(C)(C)C)cc3c2)C1. The molecule has 0 spiro atoms. The predicted octanol–water partition coefficient (Wildman–Crippen LogP) is 6.68. The summed E-state index contributed by atoms with van der Waals surface area (Å²) in [5, 5.41) is 13.2. The van der Waals surface area contributed by atoms with Gasteiger partial charge in [-0.15, -0.1) is 0 Å². The monoisotopic (exact) mass is 935 g/mol. The van der Waals surface area contributed by atoms with Crippen molar-refractivity contribution in [1.29, 1.82) is 5.26 Å². The molecular formula is C47H56F2N5O11P. The third kappa shape index (κ3) is 10.7. The average Bonchev–Trinajstić information content (AvgIpc) is 3.90. The number of nitriles is 1. The van der Waals surface area contributed by atoms with Crippen molar-refractivity contribution in [3.05, 3.63) is 83.4 Å². The number of ether oxygens (including phenoxy) is 2. The molecule has 0 saturated carbocycles.